The van der Waals surface area contributed by atoms with Gasteiger partial charge in [0.25, 0.3) is 0 Å². The fourth-order valence-electron chi connectivity index (χ4n) is 1.95. The molecule has 0 radical (unpaired) electrons. The minimum absolute atomic E-state index is 0.546. The summed E-state index contributed by atoms with van der Waals surface area (Å²) in [6.45, 7) is 5.87. The van der Waals surface area contributed by atoms with Gasteiger partial charge < -0.3 is 5.11 Å². The third-order valence-corrected chi connectivity index (χ3v) is 4.39. The summed E-state index contributed by atoms with van der Waals surface area (Å²) in [5.41, 5.74) is 0. The van der Waals surface area contributed by atoms with Gasteiger partial charge in [-0.05, 0) is 32.6 Å². The molecule has 1 rings (SSSR count). The minimum Gasteiger partial charge on any atom is -0.480 e. The first kappa shape index (κ1) is 11.9. The molecule has 1 aliphatic carbocycles. The van der Waals surface area contributed by atoms with Crippen molar-refractivity contribution in [2.75, 3.05) is 0 Å². The molecular formula is C11H20O2S. The fraction of sp³-hybridized carbons (Fsp3) is 0.909. The lowest BCUT2D eigenvalue weighted by molar-refractivity contribution is -0.138. The van der Waals surface area contributed by atoms with Crippen LogP contribution >= 0.6 is 11.8 Å². The molecule has 1 aliphatic rings. The maximum absolute atomic E-state index is 11.0. The van der Waals surface area contributed by atoms with E-state index < -0.39 is 10.7 Å². The van der Waals surface area contributed by atoms with E-state index in [2.05, 4.69) is 6.92 Å². The molecule has 0 aliphatic heterocycles. The first-order valence-electron chi connectivity index (χ1n) is 5.33. The summed E-state index contributed by atoms with van der Waals surface area (Å²) < 4.78 is -0.623. The lowest BCUT2D eigenvalue weighted by Crippen LogP contribution is -2.31. The molecule has 0 heterocycles. The minimum atomic E-state index is -0.694. The Balaban J connectivity index is 2.47. The van der Waals surface area contributed by atoms with Crippen molar-refractivity contribution in [2.24, 2.45) is 5.92 Å². The molecule has 3 heteroatoms. The number of carboxylic acid groups (broad SMARTS) is 1. The topological polar surface area (TPSA) is 37.3 Å². The molecule has 0 spiro atoms. The zero-order chi connectivity index (χ0) is 10.8. The standard InChI is InChI=1S/C11H20O2S/c1-8-5-4-6-9(7-8)14-11(2,3)10(12)13/h8-9H,4-7H2,1-3H3,(H,12,13). The summed E-state index contributed by atoms with van der Waals surface area (Å²) in [6, 6.07) is 0. The average Bonchev–Trinajstić information content (AvgIpc) is 2.02. The molecule has 0 bridgehead atoms. The largest absolute Gasteiger partial charge is 0.480 e. The van der Waals surface area contributed by atoms with Crippen molar-refractivity contribution in [3.05, 3.63) is 0 Å². The van der Waals surface area contributed by atoms with Crippen molar-refractivity contribution in [3.63, 3.8) is 0 Å². The van der Waals surface area contributed by atoms with Gasteiger partial charge in [-0.1, -0.05) is 19.8 Å². The predicted octanol–water partition coefficient (Wildman–Crippen LogP) is 3.16. The van der Waals surface area contributed by atoms with Gasteiger partial charge in [-0.3, -0.25) is 4.79 Å². The second-order valence-corrected chi connectivity index (χ2v) is 6.75. The SMILES string of the molecule is CC1CCCC(SC(C)(C)C(=O)O)C1. The van der Waals surface area contributed by atoms with Gasteiger partial charge in [0.2, 0.25) is 0 Å². The Morgan fingerprint density at radius 3 is 2.57 bits per heavy atom. The molecule has 0 aromatic carbocycles. The van der Waals surface area contributed by atoms with E-state index in [-0.39, 0.29) is 0 Å². The van der Waals surface area contributed by atoms with Crippen LogP contribution < -0.4 is 0 Å². The van der Waals surface area contributed by atoms with Gasteiger partial charge in [0, 0.05) is 5.25 Å². The highest BCUT2D eigenvalue weighted by Gasteiger charge is 2.32. The highest BCUT2D eigenvalue weighted by atomic mass is 32.2. The van der Waals surface area contributed by atoms with Crippen LogP contribution in [0.1, 0.15) is 46.5 Å². The Kier molecular flexibility index (Phi) is 3.87. The quantitative estimate of drug-likeness (QED) is 0.787. The summed E-state index contributed by atoms with van der Waals surface area (Å²) in [5.74, 6) is 0.0755. The molecular weight excluding hydrogens is 196 g/mol. The Labute approximate surface area is 90.5 Å². The van der Waals surface area contributed by atoms with E-state index in [0.717, 1.165) is 5.92 Å². The summed E-state index contributed by atoms with van der Waals surface area (Å²) in [7, 11) is 0. The van der Waals surface area contributed by atoms with Crippen LogP contribution in [-0.4, -0.2) is 21.1 Å². The van der Waals surface area contributed by atoms with Crippen LogP contribution in [0.2, 0.25) is 0 Å². The van der Waals surface area contributed by atoms with E-state index in [9.17, 15) is 4.79 Å². The van der Waals surface area contributed by atoms with Crippen LogP contribution in [0, 0.1) is 5.92 Å². The van der Waals surface area contributed by atoms with Crippen molar-refractivity contribution in [1.29, 1.82) is 0 Å². The maximum atomic E-state index is 11.0. The molecule has 0 aromatic heterocycles. The van der Waals surface area contributed by atoms with Crippen LogP contribution in [0.3, 0.4) is 0 Å². The predicted molar refractivity (Wildman–Crippen MR) is 60.7 cm³/mol. The molecule has 14 heavy (non-hydrogen) atoms. The number of hydrogen-bond acceptors (Lipinski definition) is 2. The number of aliphatic carboxylic acids is 1. The third kappa shape index (κ3) is 3.19. The summed E-state index contributed by atoms with van der Waals surface area (Å²) >= 11 is 1.64. The van der Waals surface area contributed by atoms with Crippen molar-refractivity contribution >= 4 is 17.7 Å². The second-order valence-electron chi connectivity index (χ2n) is 4.83. The Morgan fingerprint density at radius 2 is 2.07 bits per heavy atom. The van der Waals surface area contributed by atoms with Gasteiger partial charge in [-0.25, -0.2) is 0 Å². The number of rotatable bonds is 3. The molecule has 1 N–H and O–H groups in total. The van der Waals surface area contributed by atoms with Gasteiger partial charge in [-0.15, -0.1) is 11.8 Å². The van der Waals surface area contributed by atoms with E-state index in [1.54, 1.807) is 25.6 Å². The van der Waals surface area contributed by atoms with E-state index in [4.69, 9.17) is 5.11 Å². The van der Waals surface area contributed by atoms with Crippen molar-refractivity contribution in [3.8, 4) is 0 Å². The molecule has 0 aromatic rings. The van der Waals surface area contributed by atoms with Crippen LogP contribution in [0.5, 0.6) is 0 Å². The van der Waals surface area contributed by atoms with Crippen molar-refractivity contribution in [1.82, 2.24) is 0 Å². The number of carbonyl (C=O) groups is 1. The first-order chi connectivity index (χ1) is 6.42. The van der Waals surface area contributed by atoms with Crippen LogP contribution in [-0.2, 0) is 4.79 Å². The van der Waals surface area contributed by atoms with Gasteiger partial charge in [0.1, 0.15) is 4.75 Å². The van der Waals surface area contributed by atoms with E-state index in [0.29, 0.717) is 5.25 Å². The molecule has 0 saturated heterocycles. The number of thioether (sulfide) groups is 1. The zero-order valence-electron chi connectivity index (χ0n) is 9.25. The van der Waals surface area contributed by atoms with Gasteiger partial charge in [0.05, 0.1) is 0 Å². The highest BCUT2D eigenvalue weighted by Crippen LogP contribution is 2.38. The number of carboxylic acids is 1. The van der Waals surface area contributed by atoms with E-state index in [1.807, 2.05) is 0 Å². The third-order valence-electron chi connectivity index (χ3n) is 2.86. The van der Waals surface area contributed by atoms with Crippen LogP contribution in [0.15, 0.2) is 0 Å². The average molecular weight is 216 g/mol. The van der Waals surface area contributed by atoms with Crippen LogP contribution in [0.25, 0.3) is 0 Å². The molecule has 1 saturated carbocycles. The molecule has 0 amide bonds. The second kappa shape index (κ2) is 4.56. The van der Waals surface area contributed by atoms with E-state index >= 15 is 0 Å². The molecule has 2 atom stereocenters. The smallest absolute Gasteiger partial charge is 0.319 e. The molecule has 82 valence electrons. The van der Waals surface area contributed by atoms with Gasteiger partial charge in [-0.2, -0.15) is 0 Å². The molecule has 1 fully saturated rings. The lowest BCUT2D eigenvalue weighted by Gasteiger charge is -2.31. The summed E-state index contributed by atoms with van der Waals surface area (Å²) in [6.07, 6.45) is 4.94. The van der Waals surface area contributed by atoms with E-state index in [1.165, 1.54) is 25.7 Å². The number of hydrogen-bond donors (Lipinski definition) is 1. The first-order valence-corrected chi connectivity index (χ1v) is 6.21. The highest BCUT2D eigenvalue weighted by molar-refractivity contribution is 8.01. The Hall–Kier alpha value is -0.180. The lowest BCUT2D eigenvalue weighted by atomic mass is 9.90. The monoisotopic (exact) mass is 216 g/mol. The summed E-state index contributed by atoms with van der Waals surface area (Å²) in [4.78, 5) is 11.0. The molecule has 2 nitrogen and oxygen atoms in total. The maximum Gasteiger partial charge on any atom is 0.319 e. The zero-order valence-corrected chi connectivity index (χ0v) is 10.1. The Morgan fingerprint density at radius 1 is 1.43 bits per heavy atom. The summed E-state index contributed by atoms with van der Waals surface area (Å²) in [5, 5.41) is 9.56. The van der Waals surface area contributed by atoms with Crippen LogP contribution in [0.4, 0.5) is 0 Å². The van der Waals surface area contributed by atoms with Gasteiger partial charge >= 0.3 is 5.97 Å². The normalized spacial score (nSPS) is 28.8. The molecule has 2 unspecified atom stereocenters. The fourth-order valence-corrected chi connectivity index (χ4v) is 3.60. The van der Waals surface area contributed by atoms with Crippen molar-refractivity contribution in [2.45, 2.75) is 56.5 Å². The van der Waals surface area contributed by atoms with Crippen molar-refractivity contribution < 1.29 is 9.90 Å². The Bertz CT molecular complexity index is 213. The van der Waals surface area contributed by atoms with Gasteiger partial charge in [0.15, 0.2) is 0 Å².